The molecule has 0 aliphatic carbocycles. The van der Waals surface area contributed by atoms with Crippen LogP contribution in [0.25, 0.3) is 0 Å². The molecule has 0 saturated carbocycles. The number of carbonyl (C=O) groups excluding carboxylic acids is 1. The SMILES string of the molecule is Cc1ccc(Cl)c(NC(=O)N2CCCCC2)c1Cl. The molecule has 0 bridgehead atoms. The van der Waals surface area contributed by atoms with Gasteiger partial charge >= 0.3 is 6.03 Å². The van der Waals surface area contributed by atoms with Gasteiger partial charge in [-0.05, 0) is 37.8 Å². The Kier molecular flexibility index (Phi) is 4.36. The van der Waals surface area contributed by atoms with E-state index in [1.807, 2.05) is 13.0 Å². The Morgan fingerprint density at radius 2 is 1.89 bits per heavy atom. The zero-order valence-electron chi connectivity index (χ0n) is 10.3. The van der Waals surface area contributed by atoms with Gasteiger partial charge in [-0.25, -0.2) is 4.79 Å². The van der Waals surface area contributed by atoms with Crippen molar-refractivity contribution in [2.24, 2.45) is 0 Å². The van der Waals surface area contributed by atoms with Crippen LogP contribution in [0.1, 0.15) is 24.8 Å². The second-order valence-corrected chi connectivity index (χ2v) is 5.32. The minimum absolute atomic E-state index is 0.121. The lowest BCUT2D eigenvalue weighted by molar-refractivity contribution is 0.200. The number of anilines is 1. The number of urea groups is 1. The number of piperidine rings is 1. The minimum atomic E-state index is -0.121. The molecule has 0 spiro atoms. The highest BCUT2D eigenvalue weighted by Gasteiger charge is 2.18. The second kappa shape index (κ2) is 5.81. The highest BCUT2D eigenvalue weighted by atomic mass is 35.5. The van der Waals surface area contributed by atoms with Gasteiger partial charge in [0.2, 0.25) is 0 Å². The van der Waals surface area contributed by atoms with Crippen LogP contribution in [-0.4, -0.2) is 24.0 Å². The van der Waals surface area contributed by atoms with Crippen molar-refractivity contribution < 1.29 is 4.79 Å². The van der Waals surface area contributed by atoms with E-state index in [1.54, 1.807) is 11.0 Å². The number of benzene rings is 1. The number of amides is 2. The molecule has 0 radical (unpaired) electrons. The Morgan fingerprint density at radius 1 is 1.22 bits per heavy atom. The first-order valence-corrected chi connectivity index (χ1v) is 6.85. The van der Waals surface area contributed by atoms with E-state index in [9.17, 15) is 4.79 Å². The van der Waals surface area contributed by atoms with E-state index in [4.69, 9.17) is 23.2 Å². The molecule has 0 atom stereocenters. The Labute approximate surface area is 117 Å². The van der Waals surface area contributed by atoms with Crippen molar-refractivity contribution in [2.75, 3.05) is 18.4 Å². The average molecular weight is 287 g/mol. The van der Waals surface area contributed by atoms with Gasteiger partial charge < -0.3 is 10.2 Å². The lowest BCUT2D eigenvalue weighted by Crippen LogP contribution is -2.38. The molecule has 3 nitrogen and oxygen atoms in total. The van der Waals surface area contributed by atoms with E-state index < -0.39 is 0 Å². The lowest BCUT2D eigenvalue weighted by atomic mass is 10.1. The second-order valence-electron chi connectivity index (χ2n) is 4.53. The van der Waals surface area contributed by atoms with E-state index >= 15 is 0 Å². The van der Waals surface area contributed by atoms with Crippen molar-refractivity contribution >= 4 is 34.9 Å². The molecule has 1 saturated heterocycles. The maximum atomic E-state index is 12.1. The fourth-order valence-corrected chi connectivity index (χ4v) is 2.52. The van der Waals surface area contributed by atoms with E-state index in [-0.39, 0.29) is 6.03 Å². The van der Waals surface area contributed by atoms with Crippen molar-refractivity contribution in [3.05, 3.63) is 27.7 Å². The van der Waals surface area contributed by atoms with Crippen LogP contribution in [0.4, 0.5) is 10.5 Å². The third kappa shape index (κ3) is 2.90. The number of likely N-dealkylation sites (tertiary alicyclic amines) is 1. The highest BCUT2D eigenvalue weighted by molar-refractivity contribution is 6.40. The number of nitrogens with one attached hydrogen (secondary N) is 1. The summed E-state index contributed by atoms with van der Waals surface area (Å²) in [5.74, 6) is 0. The smallest absolute Gasteiger partial charge is 0.321 e. The van der Waals surface area contributed by atoms with E-state index in [2.05, 4.69) is 5.32 Å². The molecule has 2 amide bonds. The zero-order valence-corrected chi connectivity index (χ0v) is 11.8. The molecule has 1 aliphatic rings. The number of hydrogen-bond acceptors (Lipinski definition) is 1. The van der Waals surface area contributed by atoms with Crippen molar-refractivity contribution in [2.45, 2.75) is 26.2 Å². The van der Waals surface area contributed by atoms with Gasteiger partial charge in [0, 0.05) is 13.1 Å². The summed E-state index contributed by atoms with van der Waals surface area (Å²) >= 11 is 12.2. The van der Waals surface area contributed by atoms with Crippen molar-refractivity contribution in [1.82, 2.24) is 4.90 Å². The van der Waals surface area contributed by atoms with Crippen molar-refractivity contribution in [3.8, 4) is 0 Å². The molecule has 1 aromatic rings. The molecule has 0 aromatic heterocycles. The summed E-state index contributed by atoms with van der Waals surface area (Å²) in [7, 11) is 0. The standard InChI is InChI=1S/C13H16Cl2N2O/c1-9-5-6-10(14)12(11(9)15)16-13(18)17-7-3-2-4-8-17/h5-6H,2-4,7-8H2,1H3,(H,16,18). The molecule has 5 heteroatoms. The minimum Gasteiger partial charge on any atom is -0.325 e. The molecule has 2 rings (SSSR count). The van der Waals surface area contributed by atoms with Gasteiger partial charge in [-0.2, -0.15) is 0 Å². The number of rotatable bonds is 1. The van der Waals surface area contributed by atoms with Crippen LogP contribution >= 0.6 is 23.2 Å². The van der Waals surface area contributed by atoms with Crippen LogP contribution in [-0.2, 0) is 0 Å². The van der Waals surface area contributed by atoms with Crippen LogP contribution in [0.3, 0.4) is 0 Å². The van der Waals surface area contributed by atoms with Crippen LogP contribution in [0.2, 0.25) is 10.0 Å². The summed E-state index contributed by atoms with van der Waals surface area (Å²) in [5, 5.41) is 3.79. The molecule has 1 fully saturated rings. The highest BCUT2D eigenvalue weighted by Crippen LogP contribution is 2.33. The summed E-state index contributed by atoms with van der Waals surface area (Å²) in [6.07, 6.45) is 3.31. The fraction of sp³-hybridized carbons (Fsp3) is 0.462. The first kappa shape index (κ1) is 13.5. The summed E-state index contributed by atoms with van der Waals surface area (Å²) < 4.78 is 0. The molecule has 98 valence electrons. The third-order valence-electron chi connectivity index (χ3n) is 3.16. The zero-order chi connectivity index (χ0) is 13.1. The van der Waals surface area contributed by atoms with Gasteiger partial charge in [-0.15, -0.1) is 0 Å². The van der Waals surface area contributed by atoms with E-state index in [0.717, 1.165) is 31.5 Å². The molecular formula is C13H16Cl2N2O. The normalized spacial score (nSPS) is 15.6. The predicted octanol–water partition coefficient (Wildman–Crippen LogP) is 4.32. The molecule has 1 heterocycles. The van der Waals surface area contributed by atoms with Gasteiger partial charge in [0.25, 0.3) is 0 Å². The van der Waals surface area contributed by atoms with Gasteiger partial charge in [0.05, 0.1) is 15.7 Å². The number of carbonyl (C=O) groups is 1. The Morgan fingerprint density at radius 3 is 2.56 bits per heavy atom. The van der Waals surface area contributed by atoms with E-state index in [0.29, 0.717) is 15.7 Å². The maximum absolute atomic E-state index is 12.1. The van der Waals surface area contributed by atoms with Gasteiger partial charge in [-0.1, -0.05) is 29.3 Å². The van der Waals surface area contributed by atoms with Gasteiger partial charge in [0.1, 0.15) is 0 Å². The monoisotopic (exact) mass is 286 g/mol. The lowest BCUT2D eigenvalue weighted by Gasteiger charge is -2.27. The van der Waals surface area contributed by atoms with E-state index in [1.165, 1.54) is 6.42 Å². The summed E-state index contributed by atoms with van der Waals surface area (Å²) in [4.78, 5) is 13.9. The Bertz CT molecular complexity index is 457. The molecular weight excluding hydrogens is 271 g/mol. The predicted molar refractivity (Wildman–Crippen MR) is 75.6 cm³/mol. The van der Waals surface area contributed by atoms with Crippen molar-refractivity contribution in [1.29, 1.82) is 0 Å². The summed E-state index contributed by atoms with van der Waals surface area (Å²) in [6, 6.07) is 3.46. The molecule has 1 N–H and O–H groups in total. The quantitative estimate of drug-likeness (QED) is 0.819. The topological polar surface area (TPSA) is 32.3 Å². The van der Waals surface area contributed by atoms with Crippen molar-refractivity contribution in [3.63, 3.8) is 0 Å². The number of halogens is 2. The first-order chi connectivity index (χ1) is 8.59. The summed E-state index contributed by atoms with van der Waals surface area (Å²) in [6.45, 7) is 3.48. The average Bonchev–Trinajstić information content (AvgIpc) is 2.40. The Balaban J connectivity index is 2.13. The van der Waals surface area contributed by atoms with Crippen LogP contribution in [0.5, 0.6) is 0 Å². The number of hydrogen-bond donors (Lipinski definition) is 1. The third-order valence-corrected chi connectivity index (χ3v) is 3.96. The molecule has 1 aliphatic heterocycles. The van der Waals surface area contributed by atoms with Crippen LogP contribution in [0.15, 0.2) is 12.1 Å². The Hall–Kier alpha value is -0.930. The first-order valence-electron chi connectivity index (χ1n) is 6.10. The fourth-order valence-electron chi connectivity index (χ4n) is 2.05. The number of nitrogens with zero attached hydrogens (tertiary/aromatic N) is 1. The van der Waals surface area contributed by atoms with Crippen LogP contribution in [0, 0.1) is 6.92 Å². The molecule has 1 aromatic carbocycles. The largest absolute Gasteiger partial charge is 0.325 e. The number of aryl methyl sites for hydroxylation is 1. The molecule has 18 heavy (non-hydrogen) atoms. The maximum Gasteiger partial charge on any atom is 0.321 e. The molecule has 0 unspecified atom stereocenters. The van der Waals surface area contributed by atoms with Gasteiger partial charge in [-0.3, -0.25) is 0 Å². The van der Waals surface area contributed by atoms with Gasteiger partial charge in [0.15, 0.2) is 0 Å². The summed E-state index contributed by atoms with van der Waals surface area (Å²) in [5.41, 5.74) is 1.41. The van der Waals surface area contributed by atoms with Crippen LogP contribution < -0.4 is 5.32 Å².